The van der Waals surface area contributed by atoms with E-state index in [0.717, 1.165) is 30.5 Å². The van der Waals surface area contributed by atoms with E-state index in [-0.39, 0.29) is 16.1 Å². The molecule has 0 amide bonds. The molecule has 21 heavy (non-hydrogen) atoms. The normalized spacial score (nSPS) is 24.5. The van der Waals surface area contributed by atoms with Crippen LogP contribution in [0.2, 0.25) is 0 Å². The molecule has 2 aliphatic rings. The summed E-state index contributed by atoms with van der Waals surface area (Å²) in [6.45, 7) is 2.21. The van der Waals surface area contributed by atoms with Crippen molar-refractivity contribution in [2.75, 3.05) is 5.32 Å². The van der Waals surface area contributed by atoms with E-state index >= 15 is 0 Å². The van der Waals surface area contributed by atoms with E-state index in [2.05, 4.69) is 12.2 Å². The lowest BCUT2D eigenvalue weighted by atomic mass is 9.73. The molecule has 1 saturated carbocycles. The first-order valence-electron chi connectivity index (χ1n) is 8.17. The van der Waals surface area contributed by atoms with Gasteiger partial charge in [-0.2, -0.15) is 0 Å². The highest BCUT2D eigenvalue weighted by Gasteiger charge is 2.39. The quantitative estimate of drug-likeness (QED) is 0.584. The van der Waals surface area contributed by atoms with Gasteiger partial charge in [-0.15, -0.1) is 0 Å². The lowest BCUT2D eigenvalue weighted by molar-refractivity contribution is -0.384. The van der Waals surface area contributed by atoms with Gasteiger partial charge in [-0.1, -0.05) is 51.2 Å². The zero-order chi connectivity index (χ0) is 14.9. The summed E-state index contributed by atoms with van der Waals surface area (Å²) in [4.78, 5) is 11.1. The fourth-order valence-corrected chi connectivity index (χ4v) is 4.18. The molecule has 0 aromatic heterocycles. The molecule has 1 atom stereocenters. The zero-order valence-electron chi connectivity index (χ0n) is 12.7. The highest BCUT2D eigenvalue weighted by Crippen LogP contribution is 2.47. The average molecular weight is 288 g/mol. The number of nitro groups is 1. The predicted molar refractivity (Wildman–Crippen MR) is 84.8 cm³/mol. The van der Waals surface area contributed by atoms with Gasteiger partial charge in [-0.25, -0.2) is 0 Å². The van der Waals surface area contributed by atoms with Crippen LogP contribution in [0.4, 0.5) is 11.4 Å². The van der Waals surface area contributed by atoms with Crippen molar-refractivity contribution in [2.24, 2.45) is 0 Å². The number of anilines is 1. The summed E-state index contributed by atoms with van der Waals surface area (Å²) in [5.41, 5.74) is 2.19. The molecule has 4 heteroatoms. The number of rotatable bonds is 1. The smallest absolute Gasteiger partial charge is 0.292 e. The van der Waals surface area contributed by atoms with E-state index in [1.165, 1.54) is 32.1 Å². The van der Waals surface area contributed by atoms with Gasteiger partial charge in [0, 0.05) is 11.6 Å². The first-order valence-corrected chi connectivity index (χ1v) is 8.17. The maximum Gasteiger partial charge on any atom is 0.292 e. The fourth-order valence-electron chi connectivity index (χ4n) is 4.18. The summed E-state index contributed by atoms with van der Waals surface area (Å²) in [6.07, 6.45) is 9.77. The molecule has 0 saturated heterocycles. The molecule has 114 valence electrons. The second kappa shape index (κ2) is 5.66. The summed E-state index contributed by atoms with van der Waals surface area (Å²) < 4.78 is 0. The number of nitro benzene ring substituents is 1. The topological polar surface area (TPSA) is 55.2 Å². The second-order valence-corrected chi connectivity index (χ2v) is 6.78. The molecule has 4 nitrogen and oxygen atoms in total. The first kappa shape index (κ1) is 14.4. The molecule has 1 aliphatic carbocycles. The monoisotopic (exact) mass is 288 g/mol. The second-order valence-electron chi connectivity index (χ2n) is 6.78. The fraction of sp³-hybridized carbons (Fsp3) is 0.647. The minimum absolute atomic E-state index is 0.0684. The van der Waals surface area contributed by atoms with Gasteiger partial charge in [0.05, 0.1) is 4.92 Å². The molecule has 1 unspecified atom stereocenters. The summed E-state index contributed by atoms with van der Waals surface area (Å²) in [5.74, 6) is 0.389. The molecule has 1 N–H and O–H groups in total. The van der Waals surface area contributed by atoms with E-state index in [0.29, 0.717) is 5.92 Å². The van der Waals surface area contributed by atoms with Crippen LogP contribution >= 0.6 is 0 Å². The first-order chi connectivity index (χ1) is 10.1. The molecule has 1 aliphatic heterocycles. The van der Waals surface area contributed by atoms with E-state index in [9.17, 15) is 10.1 Å². The Morgan fingerprint density at radius 2 is 1.86 bits per heavy atom. The molecular formula is C17H24N2O2. The number of hydrogen-bond acceptors (Lipinski definition) is 3. The van der Waals surface area contributed by atoms with Gasteiger partial charge in [-0.05, 0) is 30.7 Å². The SMILES string of the molecule is CC1CC2(CCCCCCC2)Nc2c1cccc2[N+](=O)[O-]. The number of nitrogens with one attached hydrogen (secondary N) is 1. The van der Waals surface area contributed by atoms with Crippen LogP contribution < -0.4 is 5.32 Å². The lowest BCUT2D eigenvalue weighted by Gasteiger charge is -2.43. The largest absolute Gasteiger partial charge is 0.374 e. The van der Waals surface area contributed by atoms with Gasteiger partial charge in [0.1, 0.15) is 5.69 Å². The molecule has 1 heterocycles. The minimum atomic E-state index is -0.250. The Bertz CT molecular complexity index is 534. The lowest BCUT2D eigenvalue weighted by Crippen LogP contribution is -2.43. The Morgan fingerprint density at radius 3 is 2.52 bits per heavy atom. The van der Waals surface area contributed by atoms with Crippen LogP contribution in [-0.4, -0.2) is 10.5 Å². The molecule has 1 aromatic carbocycles. The third-order valence-electron chi connectivity index (χ3n) is 5.20. The Hall–Kier alpha value is -1.58. The number of nitrogens with zero attached hydrogens (tertiary/aromatic N) is 1. The van der Waals surface area contributed by atoms with Crippen LogP contribution in [0.1, 0.15) is 69.8 Å². The molecule has 0 bridgehead atoms. The average Bonchev–Trinajstić information content (AvgIpc) is 2.43. The highest BCUT2D eigenvalue weighted by molar-refractivity contribution is 5.70. The molecule has 3 rings (SSSR count). The summed E-state index contributed by atoms with van der Waals surface area (Å²) in [6, 6.07) is 5.47. The van der Waals surface area contributed by atoms with Gasteiger partial charge in [-0.3, -0.25) is 10.1 Å². The summed E-state index contributed by atoms with van der Waals surface area (Å²) >= 11 is 0. The molecular weight excluding hydrogens is 264 g/mol. The van der Waals surface area contributed by atoms with E-state index in [1.807, 2.05) is 12.1 Å². The Morgan fingerprint density at radius 1 is 1.19 bits per heavy atom. The Balaban J connectivity index is 1.97. The number of para-hydroxylation sites is 1. The predicted octanol–water partition coefficient (Wildman–Crippen LogP) is 5.00. The van der Waals surface area contributed by atoms with Crippen molar-refractivity contribution in [1.82, 2.24) is 0 Å². The standard InChI is InChI=1S/C17H24N2O2/c1-13-12-17(10-5-3-2-4-6-11-17)18-16-14(13)8-7-9-15(16)19(20)21/h7-9,13,18H,2-6,10-12H2,1H3. The van der Waals surface area contributed by atoms with Crippen molar-refractivity contribution < 1.29 is 4.92 Å². The van der Waals surface area contributed by atoms with Crippen molar-refractivity contribution in [3.8, 4) is 0 Å². The van der Waals surface area contributed by atoms with Gasteiger partial charge in [0.2, 0.25) is 0 Å². The summed E-state index contributed by atoms with van der Waals surface area (Å²) in [5, 5.41) is 15.0. The maximum absolute atomic E-state index is 11.3. The van der Waals surface area contributed by atoms with Crippen LogP contribution in [0.25, 0.3) is 0 Å². The van der Waals surface area contributed by atoms with E-state index in [1.54, 1.807) is 6.07 Å². The van der Waals surface area contributed by atoms with Crippen molar-refractivity contribution in [1.29, 1.82) is 0 Å². The Kier molecular flexibility index (Phi) is 3.87. The molecule has 1 spiro atoms. The van der Waals surface area contributed by atoms with Crippen molar-refractivity contribution >= 4 is 11.4 Å². The maximum atomic E-state index is 11.3. The van der Waals surface area contributed by atoms with Gasteiger partial charge < -0.3 is 5.32 Å². The Labute approximate surface area is 126 Å². The molecule has 0 radical (unpaired) electrons. The van der Waals surface area contributed by atoms with Crippen LogP contribution in [0.5, 0.6) is 0 Å². The number of benzene rings is 1. The van der Waals surface area contributed by atoms with Gasteiger partial charge in [0.25, 0.3) is 5.69 Å². The van der Waals surface area contributed by atoms with Crippen molar-refractivity contribution in [2.45, 2.75) is 69.7 Å². The third-order valence-corrected chi connectivity index (χ3v) is 5.20. The highest BCUT2D eigenvalue weighted by atomic mass is 16.6. The number of hydrogen-bond donors (Lipinski definition) is 1. The number of fused-ring (bicyclic) bond motifs is 1. The zero-order valence-corrected chi connectivity index (χ0v) is 12.7. The summed E-state index contributed by atoms with van der Waals surface area (Å²) in [7, 11) is 0. The van der Waals surface area contributed by atoms with Gasteiger partial charge >= 0.3 is 0 Å². The third kappa shape index (κ3) is 2.76. The van der Waals surface area contributed by atoms with Crippen LogP contribution in [0, 0.1) is 10.1 Å². The van der Waals surface area contributed by atoms with E-state index < -0.39 is 0 Å². The molecule has 1 fully saturated rings. The molecule has 1 aromatic rings. The van der Waals surface area contributed by atoms with E-state index in [4.69, 9.17) is 0 Å². The van der Waals surface area contributed by atoms with Crippen LogP contribution in [-0.2, 0) is 0 Å². The van der Waals surface area contributed by atoms with Crippen molar-refractivity contribution in [3.05, 3.63) is 33.9 Å². The van der Waals surface area contributed by atoms with Crippen LogP contribution in [0.3, 0.4) is 0 Å². The minimum Gasteiger partial charge on any atom is -0.374 e. The van der Waals surface area contributed by atoms with Crippen LogP contribution in [0.15, 0.2) is 18.2 Å². The van der Waals surface area contributed by atoms with Gasteiger partial charge in [0.15, 0.2) is 0 Å². The van der Waals surface area contributed by atoms with Crippen molar-refractivity contribution in [3.63, 3.8) is 0 Å².